The van der Waals surface area contributed by atoms with Crippen LogP contribution in [-0.4, -0.2) is 54.9 Å². The van der Waals surface area contributed by atoms with E-state index in [2.05, 4.69) is 5.32 Å². The fourth-order valence-electron chi connectivity index (χ4n) is 5.80. The van der Waals surface area contributed by atoms with Gasteiger partial charge in [-0.15, -0.1) is 0 Å². The maximum absolute atomic E-state index is 14.2. The number of nitrogens with one attached hydrogen (secondary N) is 1. The molecule has 3 aliphatic heterocycles. The second kappa shape index (κ2) is 9.53. The quantitative estimate of drug-likeness (QED) is 0.437. The maximum Gasteiger partial charge on any atom is 0.326 e. The normalized spacial score (nSPS) is 26.6. The maximum atomic E-state index is 14.2. The lowest BCUT2D eigenvalue weighted by Gasteiger charge is -2.30. The molecule has 1 spiro atoms. The molecule has 2 saturated heterocycles. The Hall–Kier alpha value is -2.88. The van der Waals surface area contributed by atoms with Crippen molar-refractivity contribution in [2.75, 3.05) is 35.0 Å². The van der Waals surface area contributed by atoms with Gasteiger partial charge in [-0.2, -0.15) is 11.8 Å². The number of anilines is 2. The van der Waals surface area contributed by atoms with Gasteiger partial charge >= 0.3 is 5.97 Å². The minimum Gasteiger partial charge on any atom is -0.465 e. The summed E-state index contributed by atoms with van der Waals surface area (Å²) >= 11 is 7.80. The second-order valence-corrected chi connectivity index (χ2v) is 10.5. The highest BCUT2D eigenvalue weighted by atomic mass is 35.5. The van der Waals surface area contributed by atoms with E-state index in [-0.39, 0.29) is 19.1 Å². The number of hydrogen-bond donors (Lipinski definition) is 1. The van der Waals surface area contributed by atoms with Crippen molar-refractivity contribution in [1.29, 1.82) is 0 Å². The zero-order chi connectivity index (χ0) is 25.6. The van der Waals surface area contributed by atoms with Crippen LogP contribution in [0.3, 0.4) is 0 Å². The fourth-order valence-corrected chi connectivity index (χ4v) is 6.48. The Labute approximate surface area is 218 Å². The summed E-state index contributed by atoms with van der Waals surface area (Å²) in [6, 6.07) is 13.3. The molecule has 1 N–H and O–H groups in total. The van der Waals surface area contributed by atoms with Gasteiger partial charge in [-0.1, -0.05) is 35.9 Å². The van der Waals surface area contributed by atoms with Crippen molar-refractivity contribution in [2.24, 2.45) is 11.8 Å². The molecule has 188 valence electrons. The van der Waals surface area contributed by atoms with Gasteiger partial charge in [0.15, 0.2) is 0 Å². The van der Waals surface area contributed by atoms with Crippen LogP contribution in [0.15, 0.2) is 48.5 Å². The van der Waals surface area contributed by atoms with E-state index in [4.69, 9.17) is 16.3 Å². The largest absolute Gasteiger partial charge is 0.465 e. The molecule has 0 aromatic heterocycles. The third-order valence-corrected chi connectivity index (χ3v) is 8.04. The molecule has 36 heavy (non-hydrogen) atoms. The molecule has 4 atom stereocenters. The number of imide groups is 1. The summed E-state index contributed by atoms with van der Waals surface area (Å²) in [5.74, 6) is -2.71. The zero-order valence-corrected chi connectivity index (χ0v) is 21.5. The van der Waals surface area contributed by atoms with Crippen molar-refractivity contribution in [3.63, 3.8) is 0 Å². The molecule has 2 aromatic carbocycles. The number of carbonyl (C=O) groups is 4. The van der Waals surface area contributed by atoms with E-state index in [0.717, 1.165) is 5.75 Å². The predicted molar refractivity (Wildman–Crippen MR) is 138 cm³/mol. The molecule has 0 radical (unpaired) electrons. The highest BCUT2D eigenvalue weighted by Gasteiger charge is 2.71. The number of thioether (sulfide) groups is 1. The molecule has 0 aliphatic carbocycles. The Morgan fingerprint density at radius 2 is 1.92 bits per heavy atom. The summed E-state index contributed by atoms with van der Waals surface area (Å²) in [5.41, 5.74) is 0.0493. The van der Waals surface area contributed by atoms with E-state index in [9.17, 15) is 19.2 Å². The summed E-state index contributed by atoms with van der Waals surface area (Å²) in [7, 11) is 0. The van der Waals surface area contributed by atoms with Crippen molar-refractivity contribution >= 4 is 58.4 Å². The highest BCUT2D eigenvalue weighted by molar-refractivity contribution is 7.98. The van der Waals surface area contributed by atoms with E-state index in [1.807, 2.05) is 6.26 Å². The lowest BCUT2D eigenvalue weighted by Crippen LogP contribution is -2.55. The van der Waals surface area contributed by atoms with Crippen LogP contribution in [0.4, 0.5) is 11.4 Å². The van der Waals surface area contributed by atoms with Gasteiger partial charge in [0, 0.05) is 22.3 Å². The number of para-hydroxylation sites is 1. The number of benzene rings is 2. The predicted octanol–water partition coefficient (Wildman–Crippen LogP) is 2.98. The van der Waals surface area contributed by atoms with Crippen LogP contribution in [0.1, 0.15) is 18.9 Å². The van der Waals surface area contributed by atoms with Crippen molar-refractivity contribution in [3.8, 4) is 0 Å². The first-order valence-electron chi connectivity index (χ1n) is 11.8. The van der Waals surface area contributed by atoms with E-state index in [1.54, 1.807) is 67.2 Å². The average Bonchev–Trinajstić information content (AvgIpc) is 3.42. The minimum atomic E-state index is -1.46. The monoisotopic (exact) mass is 527 g/mol. The molecular weight excluding hydrogens is 502 g/mol. The van der Waals surface area contributed by atoms with Crippen molar-refractivity contribution in [3.05, 3.63) is 59.1 Å². The van der Waals surface area contributed by atoms with Gasteiger partial charge < -0.3 is 4.74 Å². The smallest absolute Gasteiger partial charge is 0.326 e. The summed E-state index contributed by atoms with van der Waals surface area (Å²) in [6.07, 6.45) is 2.57. The third-order valence-electron chi connectivity index (χ3n) is 7.16. The first-order chi connectivity index (χ1) is 17.3. The molecule has 3 heterocycles. The Morgan fingerprint density at radius 1 is 1.14 bits per heavy atom. The zero-order valence-electron chi connectivity index (χ0n) is 19.9. The topological polar surface area (TPSA) is 96.0 Å². The molecule has 5 rings (SSSR count). The van der Waals surface area contributed by atoms with Gasteiger partial charge in [-0.3, -0.25) is 29.4 Å². The number of fused-ring (bicyclic) bond motifs is 4. The first-order valence-corrected chi connectivity index (χ1v) is 13.6. The molecular formula is C26H26ClN3O5S. The van der Waals surface area contributed by atoms with Crippen LogP contribution in [0.25, 0.3) is 0 Å². The van der Waals surface area contributed by atoms with E-state index in [1.165, 1.54) is 9.80 Å². The Balaban J connectivity index is 1.63. The number of halogens is 1. The molecule has 8 nitrogen and oxygen atoms in total. The van der Waals surface area contributed by atoms with Crippen molar-refractivity contribution < 1.29 is 23.9 Å². The Bertz CT molecular complexity index is 1260. The van der Waals surface area contributed by atoms with Gasteiger partial charge in [0.2, 0.25) is 11.8 Å². The number of carbonyl (C=O) groups excluding carboxylic acids is 4. The summed E-state index contributed by atoms with van der Waals surface area (Å²) < 4.78 is 5.11. The molecule has 2 fully saturated rings. The number of nitrogens with zero attached hydrogens (tertiary/aromatic N) is 2. The standard InChI is InChI=1S/C26H26ClN3O5S/c1-3-35-20(31)14-29-19-10-5-4-9-17(19)26(25(29)34)22-21(18(28-26)11-12-36-2)23(32)30(24(22)33)16-8-6-7-15(27)13-16/h4-10,13,18,21-22,28H,3,11-12,14H2,1-2H3/t18-,21+,22-,26+/m1/s1. The Kier molecular flexibility index (Phi) is 6.57. The summed E-state index contributed by atoms with van der Waals surface area (Å²) in [4.78, 5) is 56.9. The summed E-state index contributed by atoms with van der Waals surface area (Å²) in [5, 5.41) is 3.84. The van der Waals surface area contributed by atoms with Crippen LogP contribution in [0, 0.1) is 11.8 Å². The molecule has 2 aromatic rings. The summed E-state index contributed by atoms with van der Waals surface area (Å²) in [6.45, 7) is 1.61. The van der Waals surface area contributed by atoms with E-state index < -0.39 is 41.2 Å². The highest BCUT2D eigenvalue weighted by Crippen LogP contribution is 2.55. The number of hydrogen-bond acceptors (Lipinski definition) is 7. The van der Waals surface area contributed by atoms with Crippen molar-refractivity contribution in [2.45, 2.75) is 24.9 Å². The Morgan fingerprint density at radius 3 is 2.64 bits per heavy atom. The van der Waals surface area contributed by atoms with Crippen molar-refractivity contribution in [1.82, 2.24) is 5.32 Å². The molecule has 3 amide bonds. The SMILES string of the molecule is CCOC(=O)CN1C(=O)[C@]2(N[C@H](CCSC)[C@@H]3C(=O)N(c4cccc(Cl)c4)C(=O)[C@@H]32)c2ccccc21. The number of ether oxygens (including phenoxy) is 1. The lowest BCUT2D eigenvalue weighted by atomic mass is 9.76. The molecule has 0 unspecified atom stereocenters. The van der Waals surface area contributed by atoms with Crippen LogP contribution in [0.2, 0.25) is 5.02 Å². The van der Waals surface area contributed by atoms with Gasteiger partial charge in [-0.25, -0.2) is 4.90 Å². The van der Waals surface area contributed by atoms with Gasteiger partial charge in [0.1, 0.15) is 12.1 Å². The average molecular weight is 528 g/mol. The van der Waals surface area contributed by atoms with Gasteiger partial charge in [-0.05, 0) is 49.6 Å². The fraction of sp³-hybridized carbons (Fsp3) is 0.385. The molecule has 0 bridgehead atoms. The number of rotatable bonds is 7. The lowest BCUT2D eigenvalue weighted by molar-refractivity contribution is -0.142. The molecule has 0 saturated carbocycles. The van der Waals surface area contributed by atoms with Crippen LogP contribution in [0.5, 0.6) is 0 Å². The molecule has 10 heteroatoms. The van der Waals surface area contributed by atoms with Crippen LogP contribution >= 0.6 is 23.4 Å². The van der Waals surface area contributed by atoms with Crippen LogP contribution < -0.4 is 15.1 Å². The van der Waals surface area contributed by atoms with Crippen LogP contribution in [-0.2, 0) is 29.5 Å². The van der Waals surface area contributed by atoms with E-state index >= 15 is 0 Å². The van der Waals surface area contributed by atoms with Gasteiger partial charge in [0.25, 0.3) is 5.91 Å². The third kappa shape index (κ3) is 3.64. The number of amides is 3. The van der Waals surface area contributed by atoms with Gasteiger partial charge in [0.05, 0.1) is 24.1 Å². The first kappa shape index (κ1) is 24.8. The second-order valence-electron chi connectivity index (χ2n) is 9.05. The molecule has 3 aliphatic rings. The van der Waals surface area contributed by atoms with E-state index in [0.29, 0.717) is 28.4 Å². The minimum absolute atomic E-state index is 0.189. The number of esters is 1.